The van der Waals surface area contributed by atoms with Crippen molar-refractivity contribution in [3.63, 3.8) is 0 Å². The summed E-state index contributed by atoms with van der Waals surface area (Å²) >= 11 is 1.61. The molecule has 1 N–H and O–H groups in total. The zero-order valence-electron chi connectivity index (χ0n) is 17.7. The third-order valence-corrected chi connectivity index (χ3v) is 7.65. The fraction of sp³-hybridized carbons (Fsp3) is 0.458. The van der Waals surface area contributed by atoms with Gasteiger partial charge in [0.1, 0.15) is 5.69 Å². The highest BCUT2D eigenvalue weighted by molar-refractivity contribution is 7.17. The highest BCUT2D eigenvalue weighted by Crippen LogP contribution is 2.36. The molecule has 0 radical (unpaired) electrons. The molecule has 5 rings (SSSR count). The van der Waals surface area contributed by atoms with Crippen LogP contribution in [0.4, 0.5) is 0 Å². The van der Waals surface area contributed by atoms with E-state index < -0.39 is 5.54 Å². The molecule has 0 spiro atoms. The SMILES string of the molecule is C=CC1(C(=O)NC2CCCCC2)Cn2c(cc3sccc32)C(=O)N1CC1=CCCC=N1. The van der Waals surface area contributed by atoms with Gasteiger partial charge in [-0.3, -0.25) is 14.6 Å². The van der Waals surface area contributed by atoms with Crippen LogP contribution < -0.4 is 5.32 Å². The molecule has 2 aliphatic heterocycles. The average molecular weight is 437 g/mol. The predicted octanol–water partition coefficient (Wildman–Crippen LogP) is 4.28. The van der Waals surface area contributed by atoms with E-state index in [1.54, 1.807) is 22.3 Å². The maximum atomic E-state index is 13.8. The van der Waals surface area contributed by atoms with Crippen LogP contribution in [0.15, 0.2) is 46.9 Å². The first-order chi connectivity index (χ1) is 15.1. The lowest BCUT2D eigenvalue weighted by atomic mass is 9.89. The van der Waals surface area contributed by atoms with Crippen LogP contribution in [-0.4, -0.2) is 45.6 Å². The van der Waals surface area contributed by atoms with E-state index >= 15 is 0 Å². The van der Waals surface area contributed by atoms with Gasteiger partial charge in [-0.05, 0) is 43.2 Å². The maximum Gasteiger partial charge on any atom is 0.272 e. The van der Waals surface area contributed by atoms with E-state index in [9.17, 15) is 9.59 Å². The molecule has 1 atom stereocenters. The van der Waals surface area contributed by atoms with Crippen molar-refractivity contribution in [1.82, 2.24) is 14.8 Å². The van der Waals surface area contributed by atoms with E-state index in [1.165, 1.54) is 6.42 Å². The molecule has 31 heavy (non-hydrogen) atoms. The molecule has 4 heterocycles. The maximum absolute atomic E-state index is 13.8. The van der Waals surface area contributed by atoms with Gasteiger partial charge in [-0.25, -0.2) is 0 Å². The molecule has 0 bridgehead atoms. The number of nitrogens with zero attached hydrogens (tertiary/aromatic N) is 3. The number of thiophene rings is 1. The minimum Gasteiger partial charge on any atom is -0.351 e. The summed E-state index contributed by atoms with van der Waals surface area (Å²) in [6.07, 6.45) is 12.9. The van der Waals surface area contributed by atoms with Crippen molar-refractivity contribution < 1.29 is 9.59 Å². The van der Waals surface area contributed by atoms with Crippen LogP contribution in [0.2, 0.25) is 0 Å². The quantitative estimate of drug-likeness (QED) is 0.711. The summed E-state index contributed by atoms with van der Waals surface area (Å²) in [6, 6.07) is 4.13. The summed E-state index contributed by atoms with van der Waals surface area (Å²) in [6.45, 7) is 4.72. The van der Waals surface area contributed by atoms with Crippen LogP contribution >= 0.6 is 11.3 Å². The van der Waals surface area contributed by atoms with Gasteiger partial charge in [0, 0.05) is 12.3 Å². The second-order valence-electron chi connectivity index (χ2n) is 8.70. The summed E-state index contributed by atoms with van der Waals surface area (Å²) in [4.78, 5) is 33.7. The summed E-state index contributed by atoms with van der Waals surface area (Å²) in [7, 11) is 0. The zero-order valence-corrected chi connectivity index (χ0v) is 18.5. The Morgan fingerprint density at radius 3 is 2.90 bits per heavy atom. The first-order valence-electron chi connectivity index (χ1n) is 11.2. The van der Waals surface area contributed by atoms with Crippen molar-refractivity contribution in [1.29, 1.82) is 0 Å². The second-order valence-corrected chi connectivity index (χ2v) is 9.65. The lowest BCUT2D eigenvalue weighted by Crippen LogP contribution is -2.65. The number of aromatic nitrogens is 1. The van der Waals surface area contributed by atoms with Crippen LogP contribution in [0.25, 0.3) is 10.2 Å². The predicted molar refractivity (Wildman–Crippen MR) is 125 cm³/mol. The minimum atomic E-state index is -1.15. The molecule has 1 fully saturated rings. The molecule has 0 saturated heterocycles. The number of hydrogen-bond donors (Lipinski definition) is 1. The first kappa shape index (κ1) is 20.2. The van der Waals surface area contributed by atoms with Gasteiger partial charge >= 0.3 is 0 Å². The second kappa shape index (κ2) is 8.11. The van der Waals surface area contributed by atoms with Gasteiger partial charge in [0.15, 0.2) is 5.54 Å². The Labute approximate surface area is 186 Å². The van der Waals surface area contributed by atoms with E-state index in [0.717, 1.165) is 54.4 Å². The van der Waals surface area contributed by atoms with E-state index in [-0.39, 0.29) is 17.9 Å². The molecule has 0 aromatic carbocycles. The Hall–Kier alpha value is -2.67. The number of hydrogen-bond acceptors (Lipinski definition) is 4. The molecule has 1 unspecified atom stereocenters. The molecular weight excluding hydrogens is 408 g/mol. The van der Waals surface area contributed by atoms with Gasteiger partial charge in [0.2, 0.25) is 0 Å². The topological polar surface area (TPSA) is 66.7 Å². The van der Waals surface area contributed by atoms with Crippen molar-refractivity contribution in [2.75, 3.05) is 6.54 Å². The largest absolute Gasteiger partial charge is 0.351 e. The Morgan fingerprint density at radius 2 is 2.16 bits per heavy atom. The molecule has 162 valence electrons. The number of fused-ring (bicyclic) bond motifs is 3. The van der Waals surface area contributed by atoms with Crippen LogP contribution in [0.3, 0.4) is 0 Å². The van der Waals surface area contributed by atoms with Crippen LogP contribution in [0, 0.1) is 0 Å². The molecule has 2 aromatic heterocycles. The van der Waals surface area contributed by atoms with Gasteiger partial charge in [-0.1, -0.05) is 31.4 Å². The van der Waals surface area contributed by atoms with E-state index in [1.807, 2.05) is 28.3 Å². The Bertz CT molecular complexity index is 1090. The molecule has 1 saturated carbocycles. The highest BCUT2D eigenvalue weighted by Gasteiger charge is 2.50. The van der Waals surface area contributed by atoms with Crippen molar-refractivity contribution in [2.45, 2.75) is 63.1 Å². The number of amides is 2. The van der Waals surface area contributed by atoms with Crippen molar-refractivity contribution in [3.8, 4) is 0 Å². The highest BCUT2D eigenvalue weighted by atomic mass is 32.1. The van der Waals surface area contributed by atoms with E-state index in [4.69, 9.17) is 0 Å². The Balaban J connectivity index is 1.55. The molecule has 2 aromatic rings. The third-order valence-electron chi connectivity index (χ3n) is 6.79. The molecular formula is C24H28N4O2S. The van der Waals surface area contributed by atoms with Gasteiger partial charge in [-0.15, -0.1) is 17.9 Å². The molecule has 1 aliphatic carbocycles. The van der Waals surface area contributed by atoms with Gasteiger partial charge in [0.25, 0.3) is 11.8 Å². The molecule has 7 heteroatoms. The van der Waals surface area contributed by atoms with Gasteiger partial charge in [-0.2, -0.15) is 0 Å². The van der Waals surface area contributed by atoms with Crippen molar-refractivity contribution >= 4 is 39.6 Å². The third kappa shape index (κ3) is 3.45. The van der Waals surface area contributed by atoms with Gasteiger partial charge in [0.05, 0.1) is 29.0 Å². The summed E-state index contributed by atoms with van der Waals surface area (Å²) in [5.41, 5.74) is 1.31. The number of allylic oxidation sites excluding steroid dienone is 1. The number of nitrogens with one attached hydrogen (secondary N) is 1. The lowest BCUT2D eigenvalue weighted by molar-refractivity contribution is -0.131. The summed E-state index contributed by atoms with van der Waals surface area (Å²) in [5.74, 6) is -0.277. The zero-order chi connectivity index (χ0) is 21.4. The standard InChI is InChI=1S/C24H28N4O2S/c1-2-24(23(30)26-17-8-4-3-5-9-17)16-27-19-11-13-31-21(19)14-20(27)22(29)28(24)15-18-10-6-7-12-25-18/h2,10-14,17H,1,3-9,15-16H2,(H,26,30). The number of aliphatic imine (C=N–C) groups is 1. The number of carbonyl (C=O) groups excluding carboxylic acids is 2. The first-order valence-corrected chi connectivity index (χ1v) is 12.1. The Morgan fingerprint density at radius 1 is 1.32 bits per heavy atom. The average Bonchev–Trinajstić information content (AvgIpc) is 3.39. The number of rotatable bonds is 5. The summed E-state index contributed by atoms with van der Waals surface area (Å²) < 4.78 is 3.05. The van der Waals surface area contributed by atoms with Crippen LogP contribution in [0.1, 0.15) is 55.4 Å². The van der Waals surface area contributed by atoms with Gasteiger partial charge < -0.3 is 14.8 Å². The molecule has 3 aliphatic rings. The smallest absolute Gasteiger partial charge is 0.272 e. The molecule has 2 amide bonds. The van der Waals surface area contributed by atoms with E-state index in [2.05, 4.69) is 23.0 Å². The fourth-order valence-electron chi connectivity index (χ4n) is 5.03. The Kier molecular flexibility index (Phi) is 5.30. The van der Waals surface area contributed by atoms with Crippen molar-refractivity contribution in [3.05, 3.63) is 47.6 Å². The minimum absolute atomic E-state index is 0.133. The van der Waals surface area contributed by atoms with Crippen LogP contribution in [0.5, 0.6) is 0 Å². The van der Waals surface area contributed by atoms with Crippen LogP contribution in [-0.2, 0) is 11.3 Å². The molecule has 6 nitrogen and oxygen atoms in total. The van der Waals surface area contributed by atoms with Crippen molar-refractivity contribution in [2.24, 2.45) is 4.99 Å². The normalized spacial score (nSPS) is 24.2. The van der Waals surface area contributed by atoms with E-state index in [0.29, 0.717) is 18.8 Å². The summed E-state index contributed by atoms with van der Waals surface area (Å²) in [5, 5.41) is 5.28. The number of carbonyl (C=O) groups is 2. The monoisotopic (exact) mass is 436 g/mol. The fourth-order valence-corrected chi connectivity index (χ4v) is 5.85. The lowest BCUT2D eigenvalue weighted by Gasteiger charge is -2.45.